The van der Waals surface area contributed by atoms with Crippen LogP contribution in [0.25, 0.3) is 0 Å². The van der Waals surface area contributed by atoms with Crippen LogP contribution in [0.3, 0.4) is 0 Å². The molecule has 3 heteroatoms. The molecule has 0 spiro atoms. The topological polar surface area (TPSA) is 34.0 Å². The fourth-order valence-electron chi connectivity index (χ4n) is 1.08. The zero-order valence-electron chi connectivity index (χ0n) is 6.42. The summed E-state index contributed by atoms with van der Waals surface area (Å²) in [5.74, 6) is 0. The SMILES string of the molecule is C1=CC(c2ccccc2)N=NO1. The van der Waals surface area contributed by atoms with Gasteiger partial charge < -0.3 is 4.84 Å². The van der Waals surface area contributed by atoms with Crippen molar-refractivity contribution in [2.24, 2.45) is 10.4 Å². The predicted molar refractivity (Wildman–Crippen MR) is 44.3 cm³/mol. The quantitative estimate of drug-likeness (QED) is 0.621. The summed E-state index contributed by atoms with van der Waals surface area (Å²) in [4.78, 5) is 4.60. The zero-order chi connectivity index (χ0) is 8.23. The lowest BCUT2D eigenvalue weighted by atomic mass is 10.1. The first-order valence-corrected chi connectivity index (χ1v) is 3.74. The van der Waals surface area contributed by atoms with Crippen molar-refractivity contribution in [3.05, 3.63) is 48.2 Å². The third-order valence-electron chi connectivity index (χ3n) is 1.68. The smallest absolute Gasteiger partial charge is 0.122 e. The molecule has 0 bridgehead atoms. The highest BCUT2D eigenvalue weighted by Gasteiger charge is 2.07. The molecular formula is C9H8N2O. The van der Waals surface area contributed by atoms with Crippen molar-refractivity contribution in [2.45, 2.75) is 6.04 Å². The standard InChI is InChI=1S/C9H8N2O/c1-2-4-8(5-3-1)9-6-7-12-11-10-9/h1-7,9H. The van der Waals surface area contributed by atoms with Gasteiger partial charge in [0.2, 0.25) is 0 Å². The highest BCUT2D eigenvalue weighted by molar-refractivity contribution is 5.22. The normalized spacial score (nSPS) is 20.5. The second kappa shape index (κ2) is 3.17. The van der Waals surface area contributed by atoms with Gasteiger partial charge in [-0.25, -0.2) is 0 Å². The summed E-state index contributed by atoms with van der Waals surface area (Å²) in [6, 6.07) is 9.98. The first-order chi connectivity index (χ1) is 5.97. The molecule has 0 N–H and O–H groups in total. The number of benzene rings is 1. The summed E-state index contributed by atoms with van der Waals surface area (Å²) < 4.78 is 0. The van der Waals surface area contributed by atoms with Gasteiger partial charge in [0.05, 0.1) is 0 Å². The van der Waals surface area contributed by atoms with Crippen LogP contribution < -0.4 is 0 Å². The van der Waals surface area contributed by atoms with Crippen LogP contribution in [0, 0.1) is 0 Å². The summed E-state index contributed by atoms with van der Waals surface area (Å²) in [5.41, 5.74) is 1.13. The van der Waals surface area contributed by atoms with Crippen LogP contribution in [0.4, 0.5) is 0 Å². The molecule has 0 aromatic heterocycles. The molecule has 2 rings (SSSR count). The summed E-state index contributed by atoms with van der Waals surface area (Å²) in [6.07, 6.45) is 3.41. The lowest BCUT2D eigenvalue weighted by molar-refractivity contribution is 0.219. The van der Waals surface area contributed by atoms with Gasteiger partial charge in [-0.2, -0.15) is 0 Å². The fourth-order valence-corrected chi connectivity index (χ4v) is 1.08. The van der Waals surface area contributed by atoms with Gasteiger partial charge in [0.15, 0.2) is 0 Å². The van der Waals surface area contributed by atoms with Gasteiger partial charge in [0, 0.05) is 5.28 Å². The molecule has 1 heterocycles. The van der Waals surface area contributed by atoms with E-state index < -0.39 is 0 Å². The summed E-state index contributed by atoms with van der Waals surface area (Å²) in [5, 5.41) is 7.39. The number of nitrogens with zero attached hydrogens (tertiary/aromatic N) is 2. The molecule has 0 amide bonds. The lowest BCUT2D eigenvalue weighted by Crippen LogP contribution is -1.93. The Bertz CT molecular complexity index is 294. The Morgan fingerprint density at radius 2 is 2.00 bits per heavy atom. The molecular weight excluding hydrogens is 152 g/mol. The molecule has 1 atom stereocenters. The summed E-state index contributed by atoms with van der Waals surface area (Å²) >= 11 is 0. The van der Waals surface area contributed by atoms with Gasteiger partial charge in [-0.15, -0.1) is 5.11 Å². The number of hydrogen-bond acceptors (Lipinski definition) is 3. The molecule has 12 heavy (non-hydrogen) atoms. The maximum atomic E-state index is 4.60. The van der Waals surface area contributed by atoms with Gasteiger partial charge in [0.1, 0.15) is 12.3 Å². The first-order valence-electron chi connectivity index (χ1n) is 3.74. The Morgan fingerprint density at radius 1 is 1.17 bits per heavy atom. The maximum Gasteiger partial charge on any atom is 0.122 e. The molecule has 1 aliphatic heterocycles. The van der Waals surface area contributed by atoms with Crippen molar-refractivity contribution in [1.82, 2.24) is 0 Å². The minimum Gasteiger partial charge on any atom is -0.348 e. The van der Waals surface area contributed by atoms with E-state index in [1.54, 1.807) is 6.26 Å². The van der Waals surface area contributed by atoms with E-state index in [1.807, 2.05) is 36.4 Å². The van der Waals surface area contributed by atoms with Gasteiger partial charge in [-0.3, -0.25) is 0 Å². The van der Waals surface area contributed by atoms with E-state index in [9.17, 15) is 0 Å². The molecule has 60 valence electrons. The van der Waals surface area contributed by atoms with E-state index in [4.69, 9.17) is 0 Å². The largest absolute Gasteiger partial charge is 0.348 e. The Labute approximate surface area is 70.3 Å². The van der Waals surface area contributed by atoms with Crippen LogP contribution in [-0.4, -0.2) is 0 Å². The van der Waals surface area contributed by atoms with E-state index in [0.717, 1.165) is 5.56 Å². The molecule has 0 saturated carbocycles. The summed E-state index contributed by atoms with van der Waals surface area (Å²) in [6.45, 7) is 0. The maximum absolute atomic E-state index is 4.60. The van der Waals surface area contributed by atoms with E-state index in [-0.39, 0.29) is 6.04 Å². The highest BCUT2D eigenvalue weighted by atomic mass is 16.6. The molecule has 1 aromatic carbocycles. The second-order valence-electron chi connectivity index (χ2n) is 2.49. The van der Waals surface area contributed by atoms with Crippen molar-refractivity contribution < 1.29 is 4.84 Å². The monoisotopic (exact) mass is 160 g/mol. The lowest BCUT2D eigenvalue weighted by Gasteiger charge is -2.07. The minimum absolute atomic E-state index is 0.0138. The third-order valence-corrected chi connectivity index (χ3v) is 1.68. The van der Waals surface area contributed by atoms with Gasteiger partial charge in [-0.1, -0.05) is 30.3 Å². The highest BCUT2D eigenvalue weighted by Crippen LogP contribution is 2.21. The Morgan fingerprint density at radius 3 is 2.67 bits per heavy atom. The van der Waals surface area contributed by atoms with Gasteiger partial charge in [-0.05, 0) is 11.6 Å². The fraction of sp³-hybridized carbons (Fsp3) is 0.111. The van der Waals surface area contributed by atoms with Crippen molar-refractivity contribution >= 4 is 0 Å². The van der Waals surface area contributed by atoms with Crippen LogP contribution in [0.2, 0.25) is 0 Å². The van der Waals surface area contributed by atoms with Crippen molar-refractivity contribution in [3.8, 4) is 0 Å². The Hall–Kier alpha value is -1.64. The van der Waals surface area contributed by atoms with Crippen LogP contribution >= 0.6 is 0 Å². The Kier molecular flexibility index (Phi) is 1.86. The molecule has 1 aliphatic rings. The van der Waals surface area contributed by atoms with Crippen molar-refractivity contribution in [1.29, 1.82) is 0 Å². The number of hydrogen-bond donors (Lipinski definition) is 0. The zero-order valence-corrected chi connectivity index (χ0v) is 6.42. The second-order valence-corrected chi connectivity index (χ2v) is 2.49. The average Bonchev–Trinajstić information content (AvgIpc) is 2.21. The molecule has 0 saturated heterocycles. The van der Waals surface area contributed by atoms with Crippen molar-refractivity contribution in [2.75, 3.05) is 0 Å². The van der Waals surface area contributed by atoms with E-state index in [2.05, 4.69) is 15.2 Å². The predicted octanol–water partition coefficient (Wildman–Crippen LogP) is 2.64. The van der Waals surface area contributed by atoms with E-state index in [1.165, 1.54) is 0 Å². The van der Waals surface area contributed by atoms with Crippen LogP contribution in [-0.2, 0) is 4.84 Å². The molecule has 0 aliphatic carbocycles. The molecule has 3 nitrogen and oxygen atoms in total. The molecule has 0 fully saturated rings. The molecule has 1 aromatic rings. The van der Waals surface area contributed by atoms with Gasteiger partial charge in [0.25, 0.3) is 0 Å². The van der Waals surface area contributed by atoms with Crippen LogP contribution in [0.5, 0.6) is 0 Å². The van der Waals surface area contributed by atoms with Crippen LogP contribution in [0.1, 0.15) is 11.6 Å². The third kappa shape index (κ3) is 1.34. The van der Waals surface area contributed by atoms with Crippen molar-refractivity contribution in [3.63, 3.8) is 0 Å². The molecule has 0 radical (unpaired) electrons. The first kappa shape index (κ1) is 7.03. The Balaban J connectivity index is 2.25. The van der Waals surface area contributed by atoms with Crippen LogP contribution in [0.15, 0.2) is 53.1 Å². The average molecular weight is 160 g/mol. The van der Waals surface area contributed by atoms with E-state index >= 15 is 0 Å². The minimum atomic E-state index is 0.0138. The summed E-state index contributed by atoms with van der Waals surface area (Å²) in [7, 11) is 0. The molecule has 1 unspecified atom stereocenters. The van der Waals surface area contributed by atoms with Gasteiger partial charge >= 0.3 is 0 Å². The number of rotatable bonds is 1. The van der Waals surface area contributed by atoms with E-state index in [0.29, 0.717) is 0 Å².